The molecule has 0 saturated carbocycles. The highest BCUT2D eigenvalue weighted by Gasteiger charge is 2.15. The largest absolute Gasteiger partial charge is 0.393 e. The van der Waals surface area contributed by atoms with Crippen molar-refractivity contribution in [2.45, 2.75) is 39.5 Å². The van der Waals surface area contributed by atoms with Gasteiger partial charge in [-0.1, -0.05) is 39.3 Å². The van der Waals surface area contributed by atoms with Crippen LogP contribution in [0, 0.1) is 0 Å². The number of hydrogen-bond acceptors (Lipinski definition) is 4. The molecular formula is C10H21N3O3S. The number of rotatable bonds is 8. The lowest BCUT2D eigenvalue weighted by molar-refractivity contribution is -0.0583. The summed E-state index contributed by atoms with van der Waals surface area (Å²) < 4.78 is 0. The lowest BCUT2D eigenvalue weighted by atomic mass is 10.4. The van der Waals surface area contributed by atoms with Crippen LogP contribution in [-0.4, -0.2) is 29.5 Å². The van der Waals surface area contributed by atoms with Crippen molar-refractivity contribution in [2.75, 3.05) is 13.2 Å². The van der Waals surface area contributed by atoms with E-state index in [2.05, 4.69) is 17.8 Å². The highest BCUT2D eigenvalue weighted by molar-refractivity contribution is 7.96. The molecule has 17 heavy (non-hydrogen) atoms. The predicted octanol–water partition coefficient (Wildman–Crippen LogP) is 2.12. The van der Waals surface area contributed by atoms with E-state index in [9.17, 15) is 4.79 Å². The molecule has 0 rings (SSSR count). The Morgan fingerprint density at radius 2 is 1.88 bits per heavy atom. The zero-order chi connectivity index (χ0) is 13.1. The minimum absolute atomic E-state index is 0.141. The van der Waals surface area contributed by atoms with Crippen LogP contribution >= 0.6 is 12.6 Å². The molecule has 100 valence electrons. The normalized spacial score (nSPS) is 11.4. The Morgan fingerprint density at radius 1 is 1.29 bits per heavy atom. The molecule has 0 spiro atoms. The maximum atomic E-state index is 11.1. The number of thiol groups is 1. The van der Waals surface area contributed by atoms with Gasteiger partial charge in [0, 0.05) is 0 Å². The van der Waals surface area contributed by atoms with E-state index in [4.69, 9.17) is 15.4 Å². The molecule has 1 amide bonds. The summed E-state index contributed by atoms with van der Waals surface area (Å²) in [5, 5.41) is 3.79. The molecule has 0 atom stereocenters. The first-order valence-electron chi connectivity index (χ1n) is 5.74. The van der Waals surface area contributed by atoms with Crippen LogP contribution in [0.2, 0.25) is 0 Å². The molecule has 0 aliphatic heterocycles. The van der Waals surface area contributed by atoms with E-state index < -0.39 is 5.24 Å². The third-order valence-corrected chi connectivity index (χ3v) is 2.03. The first-order valence-corrected chi connectivity index (χ1v) is 6.19. The van der Waals surface area contributed by atoms with Crippen LogP contribution in [0.3, 0.4) is 0 Å². The summed E-state index contributed by atoms with van der Waals surface area (Å²) in [4.78, 5) is 21.2. The third kappa shape index (κ3) is 7.87. The minimum atomic E-state index is -0.624. The van der Waals surface area contributed by atoms with E-state index in [0.717, 1.165) is 30.7 Å². The smallest absolute Gasteiger partial charge is 0.309 e. The van der Waals surface area contributed by atoms with Gasteiger partial charge in [-0.05, 0) is 18.0 Å². The van der Waals surface area contributed by atoms with Crippen LogP contribution in [-0.2, 0) is 9.68 Å². The number of guanidine groups is 1. The molecule has 0 aromatic heterocycles. The highest BCUT2D eigenvalue weighted by Crippen LogP contribution is 2.00. The Balaban J connectivity index is 4.13. The van der Waals surface area contributed by atoms with Gasteiger partial charge in [-0.25, -0.2) is 0 Å². The van der Waals surface area contributed by atoms with Crippen LogP contribution in [0.15, 0.2) is 5.16 Å². The minimum Gasteiger partial charge on any atom is -0.393 e. The second-order valence-electron chi connectivity index (χ2n) is 3.40. The summed E-state index contributed by atoms with van der Waals surface area (Å²) in [5.41, 5.74) is 5.54. The zero-order valence-electron chi connectivity index (χ0n) is 10.4. The second kappa shape index (κ2) is 10.2. The molecule has 0 aliphatic rings. The summed E-state index contributed by atoms with van der Waals surface area (Å²) in [6.07, 6.45) is 3.65. The van der Waals surface area contributed by atoms with E-state index in [1.54, 1.807) is 0 Å². The average molecular weight is 263 g/mol. The van der Waals surface area contributed by atoms with Crippen molar-refractivity contribution in [3.8, 4) is 0 Å². The second-order valence-corrected chi connectivity index (χ2v) is 3.78. The van der Waals surface area contributed by atoms with Crippen LogP contribution in [0.5, 0.6) is 0 Å². The molecule has 0 bridgehead atoms. The number of oxime groups is 1. The molecular weight excluding hydrogens is 242 g/mol. The lowest BCUT2D eigenvalue weighted by Gasteiger charge is -2.17. The molecule has 0 aromatic rings. The number of carbonyl (C=O) groups is 1. The van der Waals surface area contributed by atoms with Crippen molar-refractivity contribution in [3.63, 3.8) is 0 Å². The fraction of sp³-hybridized carbons (Fsp3) is 0.800. The van der Waals surface area contributed by atoms with Gasteiger partial charge in [-0.2, -0.15) is 0 Å². The van der Waals surface area contributed by atoms with E-state index in [1.165, 1.54) is 0 Å². The number of unbranched alkanes of at least 4 members (excludes halogenated alkanes) is 2. The number of nitrogens with two attached hydrogens (primary N) is 1. The quantitative estimate of drug-likeness (QED) is 0.231. The summed E-state index contributed by atoms with van der Waals surface area (Å²) in [5.74, 6) is -0.141. The molecule has 0 aromatic carbocycles. The topological polar surface area (TPSA) is 77.2 Å². The lowest BCUT2D eigenvalue weighted by Crippen LogP contribution is -2.39. The molecule has 2 N–H and O–H groups in total. The number of carbonyl (C=O) groups excluding carboxylic acids is 1. The number of hydroxylamine groups is 2. The van der Waals surface area contributed by atoms with Crippen LogP contribution in [0.4, 0.5) is 4.79 Å². The third-order valence-electron chi connectivity index (χ3n) is 1.85. The fourth-order valence-corrected chi connectivity index (χ4v) is 1.04. The predicted molar refractivity (Wildman–Crippen MR) is 69.6 cm³/mol. The van der Waals surface area contributed by atoms with E-state index in [-0.39, 0.29) is 5.96 Å². The fourth-order valence-electron chi connectivity index (χ4n) is 0.877. The standard InChI is InChI=1S/C10H21N3O3S/c1-3-5-7-15-12-9(11)13(10(14)17)16-8-6-4-2/h3-8H2,1-2H3,(H2,11,12)(H,14,17). The van der Waals surface area contributed by atoms with Crippen LogP contribution in [0.25, 0.3) is 0 Å². The molecule has 0 radical (unpaired) electrons. The summed E-state index contributed by atoms with van der Waals surface area (Å²) >= 11 is 3.64. The summed E-state index contributed by atoms with van der Waals surface area (Å²) in [7, 11) is 0. The van der Waals surface area contributed by atoms with Crippen molar-refractivity contribution in [3.05, 3.63) is 0 Å². The van der Waals surface area contributed by atoms with Crippen LogP contribution in [0.1, 0.15) is 39.5 Å². The van der Waals surface area contributed by atoms with Crippen molar-refractivity contribution < 1.29 is 14.5 Å². The summed E-state index contributed by atoms with van der Waals surface area (Å²) in [6, 6.07) is 0. The van der Waals surface area contributed by atoms with Gasteiger partial charge in [0.1, 0.15) is 6.61 Å². The van der Waals surface area contributed by atoms with E-state index in [1.807, 2.05) is 13.8 Å². The highest BCUT2D eigenvalue weighted by atomic mass is 32.1. The van der Waals surface area contributed by atoms with Gasteiger partial charge >= 0.3 is 5.24 Å². The average Bonchev–Trinajstić information content (AvgIpc) is 2.29. The maximum Gasteiger partial charge on any atom is 0.309 e. The van der Waals surface area contributed by atoms with Gasteiger partial charge in [0.15, 0.2) is 0 Å². The van der Waals surface area contributed by atoms with E-state index >= 15 is 0 Å². The first kappa shape index (κ1) is 16.1. The van der Waals surface area contributed by atoms with Crippen molar-refractivity contribution >= 4 is 23.8 Å². The SMILES string of the molecule is CCCCON=C(N)N(OCCCC)C(=O)S. The Morgan fingerprint density at radius 3 is 2.41 bits per heavy atom. The van der Waals surface area contributed by atoms with Gasteiger partial charge in [-0.3, -0.25) is 9.63 Å². The molecule has 6 nitrogen and oxygen atoms in total. The summed E-state index contributed by atoms with van der Waals surface area (Å²) in [6.45, 7) is 4.89. The van der Waals surface area contributed by atoms with Crippen molar-refractivity contribution in [2.24, 2.45) is 10.9 Å². The molecule has 0 aliphatic carbocycles. The maximum absolute atomic E-state index is 11.1. The molecule has 0 heterocycles. The van der Waals surface area contributed by atoms with Gasteiger partial charge in [-0.15, -0.1) is 5.06 Å². The van der Waals surface area contributed by atoms with Gasteiger partial charge in [0.2, 0.25) is 0 Å². The van der Waals surface area contributed by atoms with Crippen molar-refractivity contribution in [1.29, 1.82) is 0 Å². The van der Waals surface area contributed by atoms with Crippen molar-refractivity contribution in [1.82, 2.24) is 5.06 Å². The van der Waals surface area contributed by atoms with Gasteiger partial charge < -0.3 is 10.6 Å². The molecule has 0 fully saturated rings. The Kier molecular flexibility index (Phi) is 9.65. The van der Waals surface area contributed by atoms with Crippen LogP contribution < -0.4 is 5.73 Å². The number of nitrogens with zero attached hydrogens (tertiary/aromatic N) is 2. The number of amides is 1. The van der Waals surface area contributed by atoms with Gasteiger partial charge in [0.25, 0.3) is 5.96 Å². The van der Waals surface area contributed by atoms with Gasteiger partial charge in [0.05, 0.1) is 6.61 Å². The monoisotopic (exact) mass is 263 g/mol. The number of hydrogen-bond donors (Lipinski definition) is 2. The Labute approximate surface area is 107 Å². The first-order chi connectivity index (χ1) is 8.13. The molecule has 0 unspecified atom stereocenters. The van der Waals surface area contributed by atoms with E-state index in [0.29, 0.717) is 13.2 Å². The zero-order valence-corrected chi connectivity index (χ0v) is 11.3. The molecule has 7 heteroatoms. The Hall–Kier alpha value is -0.950. The molecule has 0 saturated heterocycles. The Bertz CT molecular complexity index is 249.